The van der Waals surface area contributed by atoms with E-state index in [0.29, 0.717) is 5.69 Å². The number of non-ortho nitro benzene ring substituents is 1. The van der Waals surface area contributed by atoms with Crippen LogP contribution in [0.15, 0.2) is 79.0 Å². The Morgan fingerprint density at radius 3 is 2.36 bits per heavy atom. The minimum atomic E-state index is -1.05. The van der Waals surface area contributed by atoms with Crippen LogP contribution in [0.3, 0.4) is 0 Å². The molecule has 10 heteroatoms. The van der Waals surface area contributed by atoms with Gasteiger partial charge in [0.25, 0.3) is 5.69 Å². The monoisotopic (exact) mass is 523 g/mol. The van der Waals surface area contributed by atoms with Crippen LogP contribution in [0.1, 0.15) is 34.5 Å². The van der Waals surface area contributed by atoms with Gasteiger partial charge in [-0.2, -0.15) is 0 Å². The lowest BCUT2D eigenvalue weighted by Gasteiger charge is -2.35. The molecule has 3 aliphatic heterocycles. The highest BCUT2D eigenvalue weighted by atomic mass is 16.6. The third kappa shape index (κ3) is 3.80. The molecule has 10 nitrogen and oxygen atoms in total. The minimum absolute atomic E-state index is 0.0882. The summed E-state index contributed by atoms with van der Waals surface area (Å²) in [7, 11) is 0. The van der Waals surface area contributed by atoms with E-state index in [9.17, 15) is 29.3 Å². The van der Waals surface area contributed by atoms with Gasteiger partial charge in [0, 0.05) is 30.8 Å². The summed E-state index contributed by atoms with van der Waals surface area (Å²) >= 11 is 0. The molecule has 3 aliphatic rings. The van der Waals surface area contributed by atoms with Gasteiger partial charge >= 0.3 is 5.97 Å². The largest absolute Gasteiger partial charge is 0.427 e. The van der Waals surface area contributed by atoms with Crippen molar-refractivity contribution >= 4 is 41.0 Å². The van der Waals surface area contributed by atoms with Crippen molar-refractivity contribution in [3.63, 3.8) is 0 Å². The standard InChI is InChI=1S/C29H21N3O7/c1-16(33)39-21-11-9-19(10-12-21)31-28(35)23-24(29(31)36)26(27(34)18-6-4-7-20(15-18)32(37)38)30-14-13-17-5-2-3-8-22(17)25(23)30/h2-15,23-26H,1H3/t23-,24-,25+,26+/m1/s1. The van der Waals surface area contributed by atoms with Crippen molar-refractivity contribution in [2.75, 3.05) is 4.90 Å². The third-order valence-corrected chi connectivity index (χ3v) is 7.43. The number of amides is 2. The zero-order chi connectivity index (χ0) is 27.4. The molecule has 0 N–H and O–H groups in total. The Kier molecular flexibility index (Phi) is 5.60. The molecule has 0 saturated carbocycles. The predicted octanol–water partition coefficient (Wildman–Crippen LogP) is 3.92. The van der Waals surface area contributed by atoms with Gasteiger partial charge in [0.15, 0.2) is 5.78 Å². The summed E-state index contributed by atoms with van der Waals surface area (Å²) in [6.07, 6.45) is 3.56. The Morgan fingerprint density at radius 2 is 1.64 bits per heavy atom. The minimum Gasteiger partial charge on any atom is -0.427 e. The summed E-state index contributed by atoms with van der Waals surface area (Å²) in [5.41, 5.74) is 1.84. The van der Waals surface area contributed by atoms with E-state index in [0.717, 1.165) is 16.0 Å². The number of esters is 1. The number of nitro benzene ring substituents is 1. The van der Waals surface area contributed by atoms with Crippen molar-refractivity contribution in [2.24, 2.45) is 11.8 Å². The number of hydrogen-bond acceptors (Lipinski definition) is 8. The topological polar surface area (TPSA) is 127 Å². The van der Waals surface area contributed by atoms with Crippen LogP contribution in [0.2, 0.25) is 0 Å². The summed E-state index contributed by atoms with van der Waals surface area (Å²) in [6, 6.07) is 17.3. The van der Waals surface area contributed by atoms with E-state index < -0.39 is 52.4 Å². The number of ketones is 1. The first-order chi connectivity index (χ1) is 18.8. The molecule has 0 aromatic heterocycles. The average molecular weight is 524 g/mol. The molecule has 2 saturated heterocycles. The molecular formula is C29H21N3O7. The first-order valence-corrected chi connectivity index (χ1v) is 12.3. The number of hydrogen-bond donors (Lipinski definition) is 0. The second-order valence-electron chi connectivity index (χ2n) is 9.60. The van der Waals surface area contributed by atoms with Crippen molar-refractivity contribution < 1.29 is 28.8 Å². The third-order valence-electron chi connectivity index (χ3n) is 7.43. The molecule has 0 radical (unpaired) electrons. The second kappa shape index (κ2) is 9.02. The van der Waals surface area contributed by atoms with Gasteiger partial charge in [-0.05, 0) is 41.5 Å². The summed E-state index contributed by atoms with van der Waals surface area (Å²) in [4.78, 5) is 66.7. The molecule has 3 aromatic rings. The zero-order valence-corrected chi connectivity index (χ0v) is 20.6. The number of carbonyl (C=O) groups is 4. The molecular weight excluding hydrogens is 502 g/mol. The molecule has 3 aromatic carbocycles. The Bertz CT molecular complexity index is 1600. The van der Waals surface area contributed by atoms with Gasteiger partial charge in [-0.1, -0.05) is 36.4 Å². The lowest BCUT2D eigenvalue weighted by molar-refractivity contribution is -0.384. The van der Waals surface area contributed by atoms with Crippen LogP contribution in [0.25, 0.3) is 6.08 Å². The number of imide groups is 1. The Balaban J connectivity index is 1.44. The van der Waals surface area contributed by atoms with E-state index >= 15 is 0 Å². The van der Waals surface area contributed by atoms with Crippen molar-refractivity contribution in [3.05, 3.63) is 106 Å². The number of carbonyl (C=O) groups excluding carboxylic acids is 4. The smallest absolute Gasteiger partial charge is 0.308 e. The van der Waals surface area contributed by atoms with Gasteiger partial charge in [0.2, 0.25) is 11.8 Å². The van der Waals surface area contributed by atoms with Gasteiger partial charge in [-0.15, -0.1) is 0 Å². The van der Waals surface area contributed by atoms with Gasteiger partial charge in [0.05, 0.1) is 28.5 Å². The first-order valence-electron chi connectivity index (χ1n) is 12.3. The maximum atomic E-state index is 13.9. The molecule has 6 rings (SSSR count). The fourth-order valence-corrected chi connectivity index (χ4v) is 5.88. The Morgan fingerprint density at radius 1 is 0.923 bits per heavy atom. The Labute approximate surface area is 222 Å². The molecule has 0 unspecified atom stereocenters. The van der Waals surface area contributed by atoms with Crippen molar-refractivity contribution in [2.45, 2.75) is 19.0 Å². The van der Waals surface area contributed by atoms with E-state index in [4.69, 9.17) is 4.74 Å². The van der Waals surface area contributed by atoms with Crippen LogP contribution in [0.5, 0.6) is 5.75 Å². The molecule has 39 heavy (non-hydrogen) atoms. The van der Waals surface area contributed by atoms with Gasteiger partial charge in [-0.25, -0.2) is 4.90 Å². The lowest BCUT2D eigenvalue weighted by Crippen LogP contribution is -2.44. The van der Waals surface area contributed by atoms with E-state index in [1.807, 2.05) is 30.3 Å². The fourth-order valence-electron chi connectivity index (χ4n) is 5.88. The highest BCUT2D eigenvalue weighted by molar-refractivity contribution is 6.24. The van der Waals surface area contributed by atoms with Crippen LogP contribution >= 0.6 is 0 Å². The van der Waals surface area contributed by atoms with Gasteiger partial charge in [0.1, 0.15) is 11.8 Å². The van der Waals surface area contributed by atoms with Gasteiger partial charge < -0.3 is 9.64 Å². The summed E-state index contributed by atoms with van der Waals surface area (Å²) in [5.74, 6) is -3.57. The van der Waals surface area contributed by atoms with Crippen molar-refractivity contribution in [1.29, 1.82) is 0 Å². The van der Waals surface area contributed by atoms with Crippen molar-refractivity contribution in [1.82, 2.24) is 4.90 Å². The number of ether oxygens (including phenoxy) is 1. The molecule has 194 valence electrons. The number of anilines is 1. The van der Waals surface area contributed by atoms with Crippen LogP contribution in [0.4, 0.5) is 11.4 Å². The molecule has 2 amide bonds. The molecule has 2 fully saturated rings. The van der Waals surface area contributed by atoms with Crippen molar-refractivity contribution in [3.8, 4) is 5.75 Å². The number of nitro groups is 1. The first kappa shape index (κ1) is 24.2. The average Bonchev–Trinajstić information content (AvgIpc) is 3.41. The Hall–Kier alpha value is -5.12. The summed E-state index contributed by atoms with van der Waals surface area (Å²) in [6.45, 7) is 1.27. The second-order valence-corrected chi connectivity index (χ2v) is 9.60. The molecule has 0 bridgehead atoms. The van der Waals surface area contributed by atoms with E-state index in [1.165, 1.54) is 55.5 Å². The molecule has 0 aliphatic carbocycles. The number of fused-ring (bicyclic) bond motifs is 5. The SMILES string of the molecule is CC(=O)Oc1ccc(N2C(=O)[C@@H]3[C@@H](C2=O)[C@@H]2c4ccccc4C=CN2[C@@H]3C(=O)c2cccc([N+](=O)[O-])c2)cc1. The van der Waals surface area contributed by atoms with Crippen LogP contribution in [0, 0.1) is 22.0 Å². The summed E-state index contributed by atoms with van der Waals surface area (Å²) < 4.78 is 5.06. The molecule has 3 heterocycles. The van der Waals surface area contributed by atoms with Gasteiger partial charge in [-0.3, -0.25) is 29.3 Å². The molecule has 0 spiro atoms. The number of nitrogens with zero attached hydrogens (tertiary/aromatic N) is 3. The predicted molar refractivity (Wildman–Crippen MR) is 138 cm³/mol. The van der Waals surface area contributed by atoms with Crippen LogP contribution in [-0.4, -0.2) is 39.4 Å². The van der Waals surface area contributed by atoms with Crippen LogP contribution < -0.4 is 9.64 Å². The number of Topliss-reactive ketones (excluding diaryl/α,β-unsaturated/α-hetero) is 1. The van der Waals surface area contributed by atoms with Crippen LogP contribution in [-0.2, 0) is 14.4 Å². The molecule has 4 atom stereocenters. The number of benzene rings is 3. The van der Waals surface area contributed by atoms with E-state index in [1.54, 1.807) is 11.1 Å². The van der Waals surface area contributed by atoms with E-state index in [2.05, 4.69) is 0 Å². The highest BCUT2D eigenvalue weighted by Gasteiger charge is 2.64. The fraction of sp³-hybridized carbons (Fsp3) is 0.172. The maximum absolute atomic E-state index is 13.9. The highest BCUT2D eigenvalue weighted by Crippen LogP contribution is 2.53. The normalized spacial score (nSPS) is 22.8. The quantitative estimate of drug-likeness (QED) is 0.123. The summed E-state index contributed by atoms with van der Waals surface area (Å²) in [5, 5.41) is 11.4. The number of rotatable bonds is 5. The lowest BCUT2D eigenvalue weighted by atomic mass is 9.83. The van der Waals surface area contributed by atoms with E-state index in [-0.39, 0.29) is 17.0 Å². The zero-order valence-electron chi connectivity index (χ0n) is 20.6. The maximum Gasteiger partial charge on any atom is 0.308 e.